The average molecular weight is 465 g/mol. The fourth-order valence-electron chi connectivity index (χ4n) is 3.68. The standard InChI is InChI=1S/C22H29ClN4O3S/c1-16(2)27(22(28)17-7-9-19(10-8-17)25-31(3,29)30)15-20-14-26(12-11-24-20)21-6-4-5-18(23)13-21/h4-10,13,16,20,24-25H,11-12,14-15H2,1-3H3. The maximum atomic E-state index is 13.2. The quantitative estimate of drug-likeness (QED) is 0.658. The third-order valence-electron chi connectivity index (χ3n) is 5.17. The molecule has 168 valence electrons. The number of anilines is 2. The number of hydrogen-bond donors (Lipinski definition) is 2. The molecule has 1 unspecified atom stereocenters. The van der Waals surface area contributed by atoms with Crippen molar-refractivity contribution < 1.29 is 13.2 Å². The molecule has 1 aliphatic heterocycles. The first-order valence-electron chi connectivity index (χ1n) is 10.2. The Morgan fingerprint density at radius 1 is 1.26 bits per heavy atom. The van der Waals surface area contributed by atoms with Crippen molar-refractivity contribution in [1.29, 1.82) is 0 Å². The average Bonchev–Trinajstić information content (AvgIpc) is 2.71. The summed E-state index contributed by atoms with van der Waals surface area (Å²) in [6.45, 7) is 7.03. The fourth-order valence-corrected chi connectivity index (χ4v) is 4.43. The van der Waals surface area contributed by atoms with Crippen LogP contribution in [-0.4, -0.2) is 63.7 Å². The second-order valence-corrected chi connectivity index (χ2v) is 10.3. The van der Waals surface area contributed by atoms with Crippen LogP contribution in [0.3, 0.4) is 0 Å². The van der Waals surface area contributed by atoms with Crippen LogP contribution >= 0.6 is 11.6 Å². The second-order valence-electron chi connectivity index (χ2n) is 8.08. The maximum absolute atomic E-state index is 13.2. The molecule has 1 fully saturated rings. The Hall–Kier alpha value is -2.29. The number of nitrogens with zero attached hydrogens (tertiary/aromatic N) is 2. The van der Waals surface area contributed by atoms with Crippen LogP contribution in [0.5, 0.6) is 0 Å². The summed E-state index contributed by atoms with van der Waals surface area (Å²) in [6.07, 6.45) is 1.09. The highest BCUT2D eigenvalue weighted by atomic mass is 35.5. The van der Waals surface area contributed by atoms with E-state index in [1.165, 1.54) is 0 Å². The van der Waals surface area contributed by atoms with E-state index < -0.39 is 10.0 Å². The highest BCUT2D eigenvalue weighted by Crippen LogP contribution is 2.21. The van der Waals surface area contributed by atoms with Crippen molar-refractivity contribution >= 4 is 38.9 Å². The number of carbonyl (C=O) groups excluding carboxylic acids is 1. The minimum Gasteiger partial charge on any atom is -0.369 e. The third-order valence-corrected chi connectivity index (χ3v) is 6.01. The van der Waals surface area contributed by atoms with Gasteiger partial charge in [0.1, 0.15) is 0 Å². The molecule has 0 radical (unpaired) electrons. The molecule has 0 saturated carbocycles. The molecule has 0 aromatic heterocycles. The predicted octanol–water partition coefficient (Wildman–Crippen LogP) is 3.04. The molecule has 2 N–H and O–H groups in total. The molecule has 1 aliphatic rings. The summed E-state index contributed by atoms with van der Waals surface area (Å²) in [4.78, 5) is 17.3. The first-order valence-corrected chi connectivity index (χ1v) is 12.5. The summed E-state index contributed by atoms with van der Waals surface area (Å²) in [7, 11) is -3.36. The highest BCUT2D eigenvalue weighted by Gasteiger charge is 2.26. The van der Waals surface area contributed by atoms with Gasteiger partial charge in [0, 0.05) is 60.2 Å². The smallest absolute Gasteiger partial charge is 0.254 e. The van der Waals surface area contributed by atoms with E-state index >= 15 is 0 Å². The van der Waals surface area contributed by atoms with E-state index in [0.717, 1.165) is 31.6 Å². The van der Waals surface area contributed by atoms with E-state index in [-0.39, 0.29) is 18.0 Å². The molecule has 0 aliphatic carbocycles. The van der Waals surface area contributed by atoms with Crippen molar-refractivity contribution in [2.45, 2.75) is 25.9 Å². The molecule has 1 amide bonds. The van der Waals surface area contributed by atoms with Gasteiger partial charge in [0.15, 0.2) is 0 Å². The van der Waals surface area contributed by atoms with Crippen LogP contribution in [0.2, 0.25) is 5.02 Å². The fraction of sp³-hybridized carbons (Fsp3) is 0.409. The van der Waals surface area contributed by atoms with E-state index in [9.17, 15) is 13.2 Å². The Morgan fingerprint density at radius 2 is 1.97 bits per heavy atom. The number of carbonyl (C=O) groups is 1. The van der Waals surface area contributed by atoms with Crippen LogP contribution in [0.1, 0.15) is 24.2 Å². The van der Waals surface area contributed by atoms with Crippen molar-refractivity contribution in [1.82, 2.24) is 10.2 Å². The zero-order chi connectivity index (χ0) is 22.6. The van der Waals surface area contributed by atoms with Gasteiger partial charge in [0.25, 0.3) is 5.91 Å². The highest BCUT2D eigenvalue weighted by molar-refractivity contribution is 7.92. The van der Waals surface area contributed by atoms with Crippen molar-refractivity contribution in [3.05, 3.63) is 59.1 Å². The van der Waals surface area contributed by atoms with Gasteiger partial charge in [0.05, 0.1) is 6.26 Å². The lowest BCUT2D eigenvalue weighted by molar-refractivity contribution is 0.0683. The zero-order valence-corrected chi connectivity index (χ0v) is 19.6. The largest absolute Gasteiger partial charge is 0.369 e. The Balaban J connectivity index is 1.69. The molecule has 1 saturated heterocycles. The lowest BCUT2D eigenvalue weighted by Crippen LogP contribution is -2.56. The van der Waals surface area contributed by atoms with Crippen molar-refractivity contribution in [3.63, 3.8) is 0 Å². The number of hydrogen-bond acceptors (Lipinski definition) is 5. The van der Waals surface area contributed by atoms with E-state index in [1.807, 2.05) is 43.0 Å². The minimum atomic E-state index is -3.36. The van der Waals surface area contributed by atoms with Crippen molar-refractivity contribution in [2.75, 3.05) is 42.1 Å². The molecule has 2 aromatic rings. The summed E-state index contributed by atoms with van der Waals surface area (Å²) in [5.74, 6) is -0.0809. The zero-order valence-electron chi connectivity index (χ0n) is 18.0. The molecule has 3 rings (SSSR count). The Kier molecular flexibility index (Phi) is 7.46. The molecular formula is C22H29ClN4O3S. The monoisotopic (exact) mass is 464 g/mol. The third kappa shape index (κ3) is 6.59. The van der Waals surface area contributed by atoms with E-state index in [4.69, 9.17) is 11.6 Å². The van der Waals surface area contributed by atoms with Gasteiger partial charge in [-0.2, -0.15) is 0 Å². The molecular weight excluding hydrogens is 436 g/mol. The number of piperazine rings is 1. The Labute approximate surface area is 189 Å². The number of benzene rings is 2. The number of nitrogens with one attached hydrogen (secondary N) is 2. The summed E-state index contributed by atoms with van der Waals surface area (Å²) >= 11 is 6.15. The lowest BCUT2D eigenvalue weighted by atomic mass is 10.1. The van der Waals surface area contributed by atoms with Gasteiger partial charge in [-0.15, -0.1) is 0 Å². The lowest BCUT2D eigenvalue weighted by Gasteiger charge is -2.39. The Morgan fingerprint density at radius 3 is 2.58 bits per heavy atom. The van der Waals surface area contributed by atoms with E-state index in [1.54, 1.807) is 24.3 Å². The van der Waals surface area contributed by atoms with E-state index in [2.05, 4.69) is 14.9 Å². The van der Waals surface area contributed by atoms with Crippen LogP contribution in [0.25, 0.3) is 0 Å². The SMILES string of the molecule is CC(C)N(CC1CN(c2cccc(Cl)c2)CCN1)C(=O)c1ccc(NS(C)(=O)=O)cc1. The Bertz CT molecular complexity index is 1010. The van der Waals surface area contributed by atoms with Crippen LogP contribution < -0.4 is 14.9 Å². The van der Waals surface area contributed by atoms with E-state index in [0.29, 0.717) is 22.8 Å². The molecule has 7 nitrogen and oxygen atoms in total. The summed E-state index contributed by atoms with van der Waals surface area (Å²) in [6, 6.07) is 14.5. The maximum Gasteiger partial charge on any atom is 0.254 e. The molecule has 9 heteroatoms. The number of amides is 1. The summed E-state index contributed by atoms with van der Waals surface area (Å²) in [5.41, 5.74) is 2.03. The number of sulfonamides is 1. The summed E-state index contributed by atoms with van der Waals surface area (Å²) < 4.78 is 25.2. The van der Waals surface area contributed by atoms with Gasteiger partial charge in [0.2, 0.25) is 10.0 Å². The van der Waals surface area contributed by atoms with Gasteiger partial charge in [-0.1, -0.05) is 17.7 Å². The molecule has 1 heterocycles. The molecule has 31 heavy (non-hydrogen) atoms. The molecule has 0 spiro atoms. The van der Waals surface area contributed by atoms with Crippen molar-refractivity contribution in [2.24, 2.45) is 0 Å². The molecule has 1 atom stereocenters. The second kappa shape index (κ2) is 9.89. The van der Waals surface area contributed by atoms with Crippen LogP contribution in [-0.2, 0) is 10.0 Å². The minimum absolute atomic E-state index is 0.0182. The van der Waals surface area contributed by atoms with Gasteiger partial charge in [-0.05, 0) is 56.3 Å². The molecule has 0 bridgehead atoms. The van der Waals surface area contributed by atoms with Gasteiger partial charge in [-0.3, -0.25) is 9.52 Å². The van der Waals surface area contributed by atoms with Crippen LogP contribution in [0.15, 0.2) is 48.5 Å². The van der Waals surface area contributed by atoms with Gasteiger partial charge >= 0.3 is 0 Å². The first kappa shape index (κ1) is 23.4. The molecule has 2 aromatic carbocycles. The number of halogens is 1. The summed E-state index contributed by atoms with van der Waals surface area (Å²) in [5, 5.41) is 4.22. The first-order chi connectivity index (χ1) is 14.6. The normalized spacial score (nSPS) is 16.9. The predicted molar refractivity (Wildman–Crippen MR) is 127 cm³/mol. The van der Waals surface area contributed by atoms with Crippen molar-refractivity contribution in [3.8, 4) is 0 Å². The van der Waals surface area contributed by atoms with Gasteiger partial charge in [-0.25, -0.2) is 8.42 Å². The topological polar surface area (TPSA) is 81.8 Å². The van der Waals surface area contributed by atoms with Gasteiger partial charge < -0.3 is 15.1 Å². The number of rotatable bonds is 7. The van der Waals surface area contributed by atoms with Crippen LogP contribution in [0, 0.1) is 0 Å². The van der Waals surface area contributed by atoms with Crippen LogP contribution in [0.4, 0.5) is 11.4 Å².